The average Bonchev–Trinajstić information content (AvgIpc) is 2.39. The van der Waals surface area contributed by atoms with E-state index in [1.165, 1.54) is 0 Å². The Morgan fingerprint density at radius 1 is 1.00 bits per heavy atom. The predicted molar refractivity (Wildman–Crippen MR) is 65.4 cm³/mol. The van der Waals surface area contributed by atoms with Crippen molar-refractivity contribution in [1.82, 2.24) is 0 Å². The normalized spacial score (nSPS) is 10.0. The molecule has 0 spiro atoms. The zero-order valence-corrected chi connectivity index (χ0v) is 10.3. The molecule has 0 aliphatic carbocycles. The number of halogens is 4. The second-order valence-corrected chi connectivity index (χ2v) is 4.00. The van der Waals surface area contributed by atoms with Crippen molar-refractivity contribution < 1.29 is 22.4 Å². The van der Waals surface area contributed by atoms with Gasteiger partial charge in [0.1, 0.15) is 34.9 Å². The Kier molecular flexibility index (Phi) is 3.89. The first-order valence-electron chi connectivity index (χ1n) is 5.58. The SMILES string of the molecule is N#Cc1cc(NC(=O)c2c(F)cc(F)cc2F)ccc1F. The molecule has 0 heterocycles. The van der Waals surface area contributed by atoms with Crippen LogP contribution < -0.4 is 5.32 Å². The van der Waals surface area contributed by atoms with Crippen LogP contribution in [0.3, 0.4) is 0 Å². The number of carbonyl (C=O) groups is 1. The fraction of sp³-hybridized carbons (Fsp3) is 0. The Morgan fingerprint density at radius 3 is 2.19 bits per heavy atom. The van der Waals surface area contributed by atoms with Crippen molar-refractivity contribution in [3.05, 3.63) is 64.7 Å². The third-order valence-electron chi connectivity index (χ3n) is 2.58. The van der Waals surface area contributed by atoms with Gasteiger partial charge < -0.3 is 5.32 Å². The molecule has 1 amide bonds. The number of hydrogen-bond acceptors (Lipinski definition) is 2. The zero-order valence-electron chi connectivity index (χ0n) is 10.3. The predicted octanol–water partition coefficient (Wildman–Crippen LogP) is 3.37. The number of rotatable bonds is 2. The van der Waals surface area contributed by atoms with Gasteiger partial charge in [-0.15, -0.1) is 0 Å². The van der Waals surface area contributed by atoms with Gasteiger partial charge in [-0.1, -0.05) is 0 Å². The van der Waals surface area contributed by atoms with Crippen molar-refractivity contribution in [1.29, 1.82) is 5.26 Å². The molecule has 2 aromatic rings. The summed E-state index contributed by atoms with van der Waals surface area (Å²) in [5.74, 6) is -5.87. The second kappa shape index (κ2) is 5.63. The van der Waals surface area contributed by atoms with Crippen LogP contribution in [0.4, 0.5) is 23.2 Å². The molecule has 7 heteroatoms. The number of nitriles is 1. The number of anilines is 1. The number of benzene rings is 2. The molecule has 0 unspecified atom stereocenters. The third kappa shape index (κ3) is 3.00. The molecule has 0 saturated carbocycles. The maximum atomic E-state index is 13.4. The van der Waals surface area contributed by atoms with Crippen LogP contribution in [0, 0.1) is 34.6 Å². The van der Waals surface area contributed by atoms with Gasteiger partial charge >= 0.3 is 0 Å². The largest absolute Gasteiger partial charge is 0.322 e. The maximum absolute atomic E-state index is 13.4. The molecule has 106 valence electrons. The van der Waals surface area contributed by atoms with Crippen LogP contribution in [0.15, 0.2) is 30.3 Å². The topological polar surface area (TPSA) is 52.9 Å². The summed E-state index contributed by atoms with van der Waals surface area (Å²) in [7, 11) is 0. The fourth-order valence-corrected chi connectivity index (χ4v) is 1.64. The van der Waals surface area contributed by atoms with Crippen molar-refractivity contribution in [2.45, 2.75) is 0 Å². The van der Waals surface area contributed by atoms with Crippen LogP contribution in [-0.4, -0.2) is 5.91 Å². The summed E-state index contributed by atoms with van der Waals surface area (Å²) in [5.41, 5.74) is -1.34. The molecule has 2 rings (SSSR count). The number of nitrogens with zero attached hydrogens (tertiary/aromatic N) is 1. The summed E-state index contributed by atoms with van der Waals surface area (Å²) >= 11 is 0. The maximum Gasteiger partial charge on any atom is 0.261 e. The van der Waals surface area contributed by atoms with E-state index in [9.17, 15) is 22.4 Å². The first-order chi connectivity index (χ1) is 9.92. The minimum atomic E-state index is -1.37. The standard InChI is InChI=1S/C14H6F4N2O/c15-8-4-11(17)13(12(18)5-8)14(21)20-9-1-2-10(16)7(3-9)6-19/h1-5H,(H,20,21). The van der Waals surface area contributed by atoms with E-state index >= 15 is 0 Å². The van der Waals surface area contributed by atoms with Crippen LogP contribution >= 0.6 is 0 Å². The first-order valence-corrected chi connectivity index (χ1v) is 5.58. The van der Waals surface area contributed by atoms with E-state index in [2.05, 4.69) is 5.32 Å². The van der Waals surface area contributed by atoms with Crippen molar-refractivity contribution in [2.75, 3.05) is 5.32 Å². The Morgan fingerprint density at radius 2 is 1.62 bits per heavy atom. The zero-order chi connectivity index (χ0) is 15.6. The lowest BCUT2D eigenvalue weighted by molar-refractivity contribution is 0.101. The van der Waals surface area contributed by atoms with E-state index in [0.717, 1.165) is 18.2 Å². The highest BCUT2D eigenvalue weighted by molar-refractivity contribution is 6.04. The molecule has 21 heavy (non-hydrogen) atoms. The molecule has 0 saturated heterocycles. The summed E-state index contributed by atoms with van der Waals surface area (Å²) in [5, 5.41) is 10.8. The lowest BCUT2D eigenvalue weighted by Crippen LogP contribution is -2.16. The molecule has 0 aromatic heterocycles. The van der Waals surface area contributed by atoms with Crippen LogP contribution in [0.2, 0.25) is 0 Å². The van der Waals surface area contributed by atoms with Gasteiger partial charge in [-0.2, -0.15) is 5.26 Å². The lowest BCUT2D eigenvalue weighted by atomic mass is 10.1. The van der Waals surface area contributed by atoms with E-state index in [0.29, 0.717) is 12.1 Å². The molecule has 0 bridgehead atoms. The van der Waals surface area contributed by atoms with Gasteiger partial charge in [-0.25, -0.2) is 17.6 Å². The molecular formula is C14H6F4N2O. The average molecular weight is 294 g/mol. The van der Waals surface area contributed by atoms with Gasteiger partial charge in [0.15, 0.2) is 0 Å². The smallest absolute Gasteiger partial charge is 0.261 e. The summed E-state index contributed by atoms with van der Waals surface area (Å²) < 4.78 is 52.7. The van der Waals surface area contributed by atoms with Gasteiger partial charge in [-0.05, 0) is 18.2 Å². The van der Waals surface area contributed by atoms with E-state index < -0.39 is 34.7 Å². The molecule has 0 atom stereocenters. The second-order valence-electron chi connectivity index (χ2n) is 4.00. The van der Waals surface area contributed by atoms with Crippen molar-refractivity contribution in [3.63, 3.8) is 0 Å². The summed E-state index contributed by atoms with van der Waals surface area (Å²) in [6.07, 6.45) is 0. The first kappa shape index (κ1) is 14.5. The van der Waals surface area contributed by atoms with Crippen LogP contribution in [-0.2, 0) is 0 Å². The van der Waals surface area contributed by atoms with Gasteiger partial charge in [0.25, 0.3) is 5.91 Å². The monoisotopic (exact) mass is 294 g/mol. The highest BCUT2D eigenvalue weighted by Gasteiger charge is 2.19. The van der Waals surface area contributed by atoms with Crippen LogP contribution in [0.5, 0.6) is 0 Å². The number of hydrogen-bond donors (Lipinski definition) is 1. The molecule has 2 aromatic carbocycles. The Balaban J connectivity index is 2.33. The van der Waals surface area contributed by atoms with Crippen molar-refractivity contribution in [3.8, 4) is 6.07 Å². The Bertz CT molecular complexity index is 745. The minimum absolute atomic E-state index is 0.0268. The molecule has 1 N–H and O–H groups in total. The van der Waals surface area contributed by atoms with E-state index in [1.54, 1.807) is 6.07 Å². The van der Waals surface area contributed by atoms with Crippen molar-refractivity contribution in [2.24, 2.45) is 0 Å². The van der Waals surface area contributed by atoms with Gasteiger partial charge in [0.2, 0.25) is 0 Å². The fourth-order valence-electron chi connectivity index (χ4n) is 1.64. The third-order valence-corrected chi connectivity index (χ3v) is 2.58. The number of amides is 1. The molecule has 3 nitrogen and oxygen atoms in total. The van der Waals surface area contributed by atoms with Gasteiger partial charge in [0.05, 0.1) is 5.56 Å². The highest BCUT2D eigenvalue weighted by Crippen LogP contribution is 2.18. The Labute approximate surface area is 116 Å². The quantitative estimate of drug-likeness (QED) is 0.863. The summed E-state index contributed by atoms with van der Waals surface area (Å²) in [4.78, 5) is 11.8. The van der Waals surface area contributed by atoms with Crippen LogP contribution in [0.1, 0.15) is 15.9 Å². The molecule has 0 aliphatic rings. The molecule has 0 fully saturated rings. The van der Waals surface area contributed by atoms with E-state index in [4.69, 9.17) is 5.26 Å². The number of nitrogens with one attached hydrogen (secondary N) is 1. The summed E-state index contributed by atoms with van der Waals surface area (Å²) in [6, 6.07) is 5.33. The van der Waals surface area contributed by atoms with Gasteiger partial charge in [0, 0.05) is 17.8 Å². The van der Waals surface area contributed by atoms with E-state index in [-0.39, 0.29) is 11.3 Å². The summed E-state index contributed by atoms with van der Waals surface area (Å²) in [6.45, 7) is 0. The van der Waals surface area contributed by atoms with E-state index in [1.807, 2.05) is 0 Å². The molecule has 0 aliphatic heterocycles. The highest BCUT2D eigenvalue weighted by atomic mass is 19.1. The Hall–Kier alpha value is -2.88. The molecule has 0 radical (unpaired) electrons. The van der Waals surface area contributed by atoms with Gasteiger partial charge in [-0.3, -0.25) is 4.79 Å². The molecular weight excluding hydrogens is 288 g/mol. The minimum Gasteiger partial charge on any atom is -0.322 e. The number of carbonyl (C=O) groups excluding carboxylic acids is 1. The lowest BCUT2D eigenvalue weighted by Gasteiger charge is -2.08. The van der Waals surface area contributed by atoms with Crippen LogP contribution in [0.25, 0.3) is 0 Å². The van der Waals surface area contributed by atoms with Crippen molar-refractivity contribution >= 4 is 11.6 Å².